The first-order valence-electron chi connectivity index (χ1n) is 5.02. The van der Waals surface area contributed by atoms with Gasteiger partial charge in [0.2, 0.25) is 0 Å². The fraction of sp³-hybridized carbons (Fsp3) is 0.818. The Morgan fingerprint density at radius 2 is 2.08 bits per heavy atom. The van der Waals surface area contributed by atoms with E-state index in [1.54, 1.807) is 0 Å². The van der Waals surface area contributed by atoms with Crippen molar-refractivity contribution in [3.05, 3.63) is 12.2 Å². The van der Waals surface area contributed by atoms with Crippen LogP contribution in [0.5, 0.6) is 0 Å². The van der Waals surface area contributed by atoms with Gasteiger partial charge < -0.3 is 4.90 Å². The SMILES string of the molecule is C=C1CCCCCC1CN(C)C. The molecule has 70 valence electrons. The van der Waals surface area contributed by atoms with Gasteiger partial charge in [-0.25, -0.2) is 0 Å². The van der Waals surface area contributed by atoms with Gasteiger partial charge in [0, 0.05) is 6.54 Å². The second-order valence-electron chi connectivity index (χ2n) is 4.22. The highest BCUT2D eigenvalue weighted by atomic mass is 15.1. The molecule has 0 radical (unpaired) electrons. The minimum absolute atomic E-state index is 0.766. The topological polar surface area (TPSA) is 3.24 Å². The Hall–Kier alpha value is -0.300. The van der Waals surface area contributed by atoms with Crippen molar-refractivity contribution in [2.75, 3.05) is 20.6 Å². The van der Waals surface area contributed by atoms with E-state index >= 15 is 0 Å². The van der Waals surface area contributed by atoms with Gasteiger partial charge in [-0.1, -0.05) is 25.0 Å². The molecule has 1 nitrogen and oxygen atoms in total. The monoisotopic (exact) mass is 167 g/mol. The Morgan fingerprint density at radius 3 is 2.75 bits per heavy atom. The molecule has 0 amide bonds. The molecule has 1 aliphatic rings. The summed E-state index contributed by atoms with van der Waals surface area (Å²) in [5.74, 6) is 0.766. The lowest BCUT2D eigenvalue weighted by molar-refractivity contribution is 0.338. The van der Waals surface area contributed by atoms with E-state index in [1.165, 1.54) is 44.2 Å². The minimum atomic E-state index is 0.766. The maximum atomic E-state index is 4.18. The summed E-state index contributed by atoms with van der Waals surface area (Å²) in [5, 5.41) is 0. The van der Waals surface area contributed by atoms with E-state index in [0.717, 1.165) is 5.92 Å². The summed E-state index contributed by atoms with van der Waals surface area (Å²) in [6.45, 7) is 5.38. The first-order valence-corrected chi connectivity index (χ1v) is 5.02. The van der Waals surface area contributed by atoms with E-state index in [4.69, 9.17) is 0 Å². The Labute approximate surface area is 76.5 Å². The van der Waals surface area contributed by atoms with Crippen LogP contribution in [-0.4, -0.2) is 25.5 Å². The van der Waals surface area contributed by atoms with Crippen molar-refractivity contribution < 1.29 is 0 Å². The smallest absolute Gasteiger partial charge is 0.00408 e. The summed E-state index contributed by atoms with van der Waals surface area (Å²) in [6.07, 6.45) is 6.79. The highest BCUT2D eigenvalue weighted by Gasteiger charge is 2.15. The largest absolute Gasteiger partial charge is 0.309 e. The molecule has 0 aromatic carbocycles. The third-order valence-corrected chi connectivity index (χ3v) is 2.71. The van der Waals surface area contributed by atoms with Crippen LogP contribution in [0.1, 0.15) is 32.1 Å². The zero-order valence-corrected chi connectivity index (χ0v) is 8.47. The van der Waals surface area contributed by atoms with Crippen molar-refractivity contribution in [3.63, 3.8) is 0 Å². The second kappa shape index (κ2) is 4.66. The average Bonchev–Trinajstić information content (AvgIpc) is 2.16. The van der Waals surface area contributed by atoms with E-state index in [0.29, 0.717) is 0 Å². The Morgan fingerprint density at radius 1 is 1.33 bits per heavy atom. The summed E-state index contributed by atoms with van der Waals surface area (Å²) < 4.78 is 0. The van der Waals surface area contributed by atoms with Crippen LogP contribution >= 0.6 is 0 Å². The third kappa shape index (κ3) is 2.98. The van der Waals surface area contributed by atoms with Crippen molar-refractivity contribution in [2.24, 2.45) is 5.92 Å². The maximum absolute atomic E-state index is 4.18. The molecule has 0 aliphatic heterocycles. The Bertz CT molecular complexity index is 149. The molecule has 0 N–H and O–H groups in total. The predicted molar refractivity (Wildman–Crippen MR) is 54.3 cm³/mol. The molecule has 1 fully saturated rings. The van der Waals surface area contributed by atoms with E-state index in [1.807, 2.05) is 0 Å². The van der Waals surface area contributed by atoms with Crippen molar-refractivity contribution in [1.29, 1.82) is 0 Å². The zero-order valence-electron chi connectivity index (χ0n) is 8.47. The van der Waals surface area contributed by atoms with Gasteiger partial charge in [0.1, 0.15) is 0 Å². The summed E-state index contributed by atoms with van der Waals surface area (Å²) in [6, 6.07) is 0. The van der Waals surface area contributed by atoms with E-state index in [9.17, 15) is 0 Å². The van der Waals surface area contributed by atoms with Crippen LogP contribution < -0.4 is 0 Å². The van der Waals surface area contributed by atoms with Crippen LogP contribution in [0.15, 0.2) is 12.2 Å². The van der Waals surface area contributed by atoms with Gasteiger partial charge in [-0.3, -0.25) is 0 Å². The molecular weight excluding hydrogens is 146 g/mol. The molecule has 1 saturated carbocycles. The molecule has 0 aromatic rings. The lowest BCUT2D eigenvalue weighted by atomic mass is 9.95. The first kappa shape index (κ1) is 9.79. The van der Waals surface area contributed by atoms with Gasteiger partial charge in [-0.15, -0.1) is 0 Å². The van der Waals surface area contributed by atoms with Crippen LogP contribution in [0.2, 0.25) is 0 Å². The normalized spacial score (nSPS) is 25.9. The van der Waals surface area contributed by atoms with Crippen LogP contribution in [0.25, 0.3) is 0 Å². The zero-order chi connectivity index (χ0) is 8.97. The molecule has 0 saturated heterocycles. The molecule has 1 heteroatoms. The fourth-order valence-corrected chi connectivity index (χ4v) is 1.99. The van der Waals surface area contributed by atoms with Crippen molar-refractivity contribution >= 4 is 0 Å². The summed E-state index contributed by atoms with van der Waals surface area (Å²) in [4.78, 5) is 2.28. The van der Waals surface area contributed by atoms with Gasteiger partial charge >= 0.3 is 0 Å². The molecule has 0 spiro atoms. The van der Waals surface area contributed by atoms with Gasteiger partial charge in [-0.05, 0) is 39.3 Å². The minimum Gasteiger partial charge on any atom is -0.309 e. The van der Waals surface area contributed by atoms with Crippen LogP contribution in [0.4, 0.5) is 0 Å². The molecule has 0 bridgehead atoms. The molecule has 12 heavy (non-hydrogen) atoms. The van der Waals surface area contributed by atoms with Gasteiger partial charge in [-0.2, -0.15) is 0 Å². The number of rotatable bonds is 2. The van der Waals surface area contributed by atoms with Crippen LogP contribution in [0, 0.1) is 5.92 Å². The highest BCUT2D eigenvalue weighted by molar-refractivity contribution is 5.02. The molecule has 1 aliphatic carbocycles. The molecule has 1 rings (SSSR count). The standard InChI is InChI=1S/C11H21N/c1-10-7-5-4-6-8-11(10)9-12(2)3/h11H,1,4-9H2,2-3H3. The number of hydrogen-bond donors (Lipinski definition) is 0. The molecule has 1 unspecified atom stereocenters. The third-order valence-electron chi connectivity index (χ3n) is 2.71. The van der Waals surface area contributed by atoms with Crippen LogP contribution in [-0.2, 0) is 0 Å². The van der Waals surface area contributed by atoms with Crippen LogP contribution in [0.3, 0.4) is 0 Å². The fourth-order valence-electron chi connectivity index (χ4n) is 1.99. The molecular formula is C11H21N. The Kier molecular flexibility index (Phi) is 3.80. The first-order chi connectivity index (χ1) is 5.70. The lowest BCUT2D eigenvalue weighted by Gasteiger charge is -2.20. The van der Waals surface area contributed by atoms with Gasteiger partial charge in [0.15, 0.2) is 0 Å². The summed E-state index contributed by atoms with van der Waals surface area (Å²) in [7, 11) is 4.30. The molecule has 0 heterocycles. The van der Waals surface area contributed by atoms with Gasteiger partial charge in [0.25, 0.3) is 0 Å². The quantitative estimate of drug-likeness (QED) is 0.451. The Balaban J connectivity index is 2.42. The van der Waals surface area contributed by atoms with Crippen molar-refractivity contribution in [2.45, 2.75) is 32.1 Å². The van der Waals surface area contributed by atoms with E-state index < -0.39 is 0 Å². The summed E-state index contributed by atoms with van der Waals surface area (Å²) >= 11 is 0. The average molecular weight is 167 g/mol. The van der Waals surface area contributed by atoms with Gasteiger partial charge in [0.05, 0.1) is 0 Å². The van der Waals surface area contributed by atoms with Crippen molar-refractivity contribution in [1.82, 2.24) is 4.90 Å². The highest BCUT2D eigenvalue weighted by Crippen LogP contribution is 2.26. The number of nitrogens with zero attached hydrogens (tertiary/aromatic N) is 1. The van der Waals surface area contributed by atoms with E-state index in [-0.39, 0.29) is 0 Å². The molecule has 1 atom stereocenters. The molecule has 0 aromatic heterocycles. The maximum Gasteiger partial charge on any atom is 0.00408 e. The summed E-state index contributed by atoms with van der Waals surface area (Å²) in [5.41, 5.74) is 1.49. The van der Waals surface area contributed by atoms with Crippen molar-refractivity contribution in [3.8, 4) is 0 Å². The lowest BCUT2D eigenvalue weighted by Crippen LogP contribution is -2.22. The predicted octanol–water partition coefficient (Wildman–Crippen LogP) is 2.68. The number of hydrogen-bond acceptors (Lipinski definition) is 1. The van der Waals surface area contributed by atoms with E-state index in [2.05, 4.69) is 25.6 Å². The second-order valence-corrected chi connectivity index (χ2v) is 4.22.